The fraction of sp³-hybridized carbons (Fsp3) is 0.240. The molecule has 3 aromatic rings. The molecule has 7 heteroatoms. The van der Waals surface area contributed by atoms with E-state index in [1.807, 2.05) is 48.7 Å². The highest BCUT2D eigenvalue weighted by molar-refractivity contribution is 7.14. The summed E-state index contributed by atoms with van der Waals surface area (Å²) in [4.78, 5) is 13.8. The van der Waals surface area contributed by atoms with Crippen LogP contribution in [0.2, 0.25) is 0 Å². The van der Waals surface area contributed by atoms with E-state index in [4.69, 9.17) is 9.72 Å². The molecule has 3 heterocycles. The maximum atomic E-state index is 6.07. The van der Waals surface area contributed by atoms with Gasteiger partial charge in [-0.2, -0.15) is 0 Å². The number of hydrogen-bond donors (Lipinski definition) is 2. The molecule has 0 amide bonds. The fourth-order valence-corrected chi connectivity index (χ4v) is 4.13. The van der Waals surface area contributed by atoms with Crippen LogP contribution in [0.15, 0.2) is 83.0 Å². The number of ether oxygens (including phenoxy) is 1. The van der Waals surface area contributed by atoms with Crippen LogP contribution in [0.1, 0.15) is 25.8 Å². The van der Waals surface area contributed by atoms with Crippen molar-refractivity contribution in [3.8, 4) is 17.1 Å². The summed E-state index contributed by atoms with van der Waals surface area (Å²) in [5, 5.41) is 9.55. The van der Waals surface area contributed by atoms with E-state index in [2.05, 4.69) is 51.8 Å². The molecule has 0 aliphatic carbocycles. The van der Waals surface area contributed by atoms with Crippen LogP contribution in [0.4, 0.5) is 5.13 Å². The minimum atomic E-state index is 0.285. The average molecular weight is 446 g/mol. The number of anilines is 1. The monoisotopic (exact) mass is 445 g/mol. The zero-order chi connectivity index (χ0) is 22.2. The van der Waals surface area contributed by atoms with Crippen LogP contribution in [0.5, 0.6) is 5.88 Å². The molecule has 1 aliphatic rings. The van der Waals surface area contributed by atoms with E-state index in [-0.39, 0.29) is 6.04 Å². The zero-order valence-electron chi connectivity index (χ0n) is 18.3. The Morgan fingerprint density at radius 2 is 2.12 bits per heavy atom. The summed E-state index contributed by atoms with van der Waals surface area (Å²) in [6.07, 6.45) is 9.47. The molecule has 0 bridgehead atoms. The second-order valence-electron chi connectivity index (χ2n) is 7.36. The topological polar surface area (TPSA) is 71.4 Å². The third-order valence-electron chi connectivity index (χ3n) is 4.86. The molecule has 1 atom stereocenters. The molecule has 2 aromatic heterocycles. The highest BCUT2D eigenvalue weighted by atomic mass is 32.1. The number of thiazole rings is 1. The minimum absolute atomic E-state index is 0.285. The largest absolute Gasteiger partial charge is 0.439 e. The smallest absolute Gasteiger partial charge is 0.228 e. The number of allylic oxidation sites excluding steroid dienone is 3. The van der Waals surface area contributed by atoms with Gasteiger partial charge in [0.2, 0.25) is 5.88 Å². The van der Waals surface area contributed by atoms with E-state index >= 15 is 0 Å². The number of guanidine groups is 1. The lowest BCUT2D eigenvalue weighted by molar-refractivity contribution is 0.426. The third-order valence-corrected chi connectivity index (χ3v) is 5.62. The number of hydrogen-bond acceptors (Lipinski definition) is 7. The van der Waals surface area contributed by atoms with Crippen LogP contribution in [-0.4, -0.2) is 28.5 Å². The van der Waals surface area contributed by atoms with Gasteiger partial charge in [-0.05, 0) is 49.6 Å². The Morgan fingerprint density at radius 3 is 2.94 bits per heavy atom. The Kier molecular flexibility index (Phi) is 7.30. The van der Waals surface area contributed by atoms with Gasteiger partial charge in [0.25, 0.3) is 0 Å². The van der Waals surface area contributed by atoms with Crippen LogP contribution in [0.25, 0.3) is 11.3 Å². The van der Waals surface area contributed by atoms with Gasteiger partial charge < -0.3 is 15.4 Å². The van der Waals surface area contributed by atoms with Gasteiger partial charge >= 0.3 is 0 Å². The van der Waals surface area contributed by atoms with Gasteiger partial charge in [0, 0.05) is 11.6 Å². The predicted molar refractivity (Wildman–Crippen MR) is 132 cm³/mol. The van der Waals surface area contributed by atoms with Crippen LogP contribution in [-0.2, 0) is 6.42 Å². The molecule has 4 rings (SSSR count). The van der Waals surface area contributed by atoms with E-state index in [0.29, 0.717) is 5.88 Å². The van der Waals surface area contributed by atoms with Crippen LogP contribution >= 0.6 is 11.3 Å². The van der Waals surface area contributed by atoms with Gasteiger partial charge in [0.1, 0.15) is 5.76 Å². The molecule has 1 aromatic carbocycles. The molecule has 0 saturated heterocycles. The summed E-state index contributed by atoms with van der Waals surface area (Å²) in [7, 11) is 0. The van der Waals surface area contributed by atoms with Crippen LogP contribution < -0.4 is 15.4 Å². The van der Waals surface area contributed by atoms with Crippen molar-refractivity contribution >= 4 is 22.4 Å². The lowest BCUT2D eigenvalue weighted by Gasteiger charge is -2.12. The van der Waals surface area contributed by atoms with Gasteiger partial charge in [-0.1, -0.05) is 43.3 Å². The first kappa shape index (κ1) is 21.8. The Hall–Kier alpha value is -3.45. The van der Waals surface area contributed by atoms with Gasteiger partial charge in [-0.15, -0.1) is 11.3 Å². The highest BCUT2D eigenvalue weighted by Crippen LogP contribution is 2.31. The molecule has 0 saturated carbocycles. The van der Waals surface area contributed by atoms with E-state index in [1.165, 1.54) is 16.9 Å². The number of rotatable bonds is 8. The Labute approximate surface area is 192 Å². The molecule has 2 N–H and O–H groups in total. The third kappa shape index (κ3) is 5.62. The normalized spacial score (nSPS) is 16.1. The molecular formula is C25H27N5OS. The number of benzene rings is 1. The van der Waals surface area contributed by atoms with Crippen LogP contribution in [0, 0.1) is 0 Å². The van der Waals surface area contributed by atoms with Crippen molar-refractivity contribution in [2.24, 2.45) is 4.99 Å². The molecule has 0 fully saturated rings. The van der Waals surface area contributed by atoms with Crippen molar-refractivity contribution in [3.63, 3.8) is 0 Å². The van der Waals surface area contributed by atoms with E-state index < -0.39 is 0 Å². The Balaban J connectivity index is 1.42. The van der Waals surface area contributed by atoms with E-state index in [1.54, 1.807) is 6.20 Å². The number of pyridine rings is 1. The Morgan fingerprint density at radius 1 is 1.25 bits per heavy atom. The van der Waals surface area contributed by atoms with Gasteiger partial charge in [-0.25, -0.2) is 9.97 Å². The summed E-state index contributed by atoms with van der Waals surface area (Å²) >= 11 is 1.53. The van der Waals surface area contributed by atoms with Crippen molar-refractivity contribution in [1.29, 1.82) is 0 Å². The summed E-state index contributed by atoms with van der Waals surface area (Å²) in [6, 6.07) is 14.6. The Bertz CT molecular complexity index is 1120. The molecule has 0 radical (unpaired) electrons. The van der Waals surface area contributed by atoms with Crippen molar-refractivity contribution < 1.29 is 4.74 Å². The maximum absolute atomic E-state index is 6.07. The number of nitrogens with zero attached hydrogens (tertiary/aromatic N) is 3. The van der Waals surface area contributed by atoms with Gasteiger partial charge in [0.15, 0.2) is 11.1 Å². The molecule has 32 heavy (non-hydrogen) atoms. The van der Waals surface area contributed by atoms with Crippen molar-refractivity contribution in [2.45, 2.75) is 32.7 Å². The summed E-state index contributed by atoms with van der Waals surface area (Å²) < 4.78 is 6.07. The van der Waals surface area contributed by atoms with Crippen molar-refractivity contribution in [1.82, 2.24) is 15.3 Å². The molecule has 0 spiro atoms. The van der Waals surface area contributed by atoms with E-state index in [0.717, 1.165) is 47.5 Å². The molecule has 164 valence electrons. The van der Waals surface area contributed by atoms with Crippen LogP contribution in [0.3, 0.4) is 0 Å². The van der Waals surface area contributed by atoms with Crippen molar-refractivity contribution in [3.05, 3.63) is 83.6 Å². The average Bonchev–Trinajstić information content (AvgIpc) is 3.45. The highest BCUT2D eigenvalue weighted by Gasteiger charge is 2.19. The lowest BCUT2D eigenvalue weighted by atomic mass is 10.1. The predicted octanol–water partition coefficient (Wildman–Crippen LogP) is 5.44. The molecule has 1 aliphatic heterocycles. The first-order valence-corrected chi connectivity index (χ1v) is 11.7. The number of aromatic nitrogens is 2. The number of nitrogens with one attached hydrogen (secondary N) is 2. The van der Waals surface area contributed by atoms with Gasteiger partial charge in [0.05, 0.1) is 23.8 Å². The fourth-order valence-electron chi connectivity index (χ4n) is 3.42. The summed E-state index contributed by atoms with van der Waals surface area (Å²) in [5.41, 5.74) is 2.97. The van der Waals surface area contributed by atoms with Crippen molar-refractivity contribution in [2.75, 3.05) is 11.9 Å². The maximum Gasteiger partial charge on any atom is 0.228 e. The first-order chi connectivity index (χ1) is 15.7. The standard InChI is InChI=1S/C25H27N5OS/c1-3-9-20(10-4-2)31-23-21(13-8-14-26-23)22-17-32-25(29-22)30-24-27-16-19(28-24)15-18-11-6-5-7-12-18/h3,5-14,17,19H,4,15-16H2,1-2H3,(H2,27,28,29,30)/b9-3-,20-10+. The van der Waals surface area contributed by atoms with E-state index in [9.17, 15) is 0 Å². The first-order valence-electron chi connectivity index (χ1n) is 10.8. The quantitative estimate of drug-likeness (QED) is 0.357. The molecular weight excluding hydrogens is 418 g/mol. The summed E-state index contributed by atoms with van der Waals surface area (Å²) in [5.74, 6) is 2.08. The number of aliphatic imine (C=N–C) groups is 1. The summed E-state index contributed by atoms with van der Waals surface area (Å²) in [6.45, 7) is 4.79. The lowest BCUT2D eigenvalue weighted by Crippen LogP contribution is -2.35. The SMILES string of the molecule is C/C=C\C(=C/CC)Oc1ncccc1-c1csc(NC2=NCC(Cc3ccccc3)N2)n1. The zero-order valence-corrected chi connectivity index (χ0v) is 19.1. The van der Waals surface area contributed by atoms with Gasteiger partial charge in [-0.3, -0.25) is 4.99 Å². The molecule has 1 unspecified atom stereocenters. The molecule has 6 nitrogen and oxygen atoms in total. The second kappa shape index (κ2) is 10.7. The minimum Gasteiger partial charge on any atom is -0.439 e. The second-order valence-corrected chi connectivity index (χ2v) is 8.21.